The number of likely N-dealkylation sites (tertiary alicyclic amines) is 1. The van der Waals surface area contributed by atoms with Crippen LogP contribution in [0.3, 0.4) is 0 Å². The minimum Gasteiger partial charge on any atom is -0.339 e. The van der Waals surface area contributed by atoms with Crippen molar-refractivity contribution in [2.45, 2.75) is 61.7 Å². The SMILES string of the molecule is CN1CCCCC[C@@H]2N(S(=O)(=O)c3cn(C)cn3)[C@H](c3ccccc3)C[C@@]21C. The Balaban J connectivity index is 1.85. The highest BCUT2D eigenvalue weighted by Gasteiger charge is 2.56. The molecular formula is C21H30N4O2S. The normalized spacial score (nSPS) is 30.0. The summed E-state index contributed by atoms with van der Waals surface area (Å²) in [6.45, 7) is 3.25. The van der Waals surface area contributed by atoms with Crippen LogP contribution in [0.1, 0.15) is 50.6 Å². The lowest BCUT2D eigenvalue weighted by Gasteiger charge is -2.43. The predicted molar refractivity (Wildman–Crippen MR) is 109 cm³/mol. The van der Waals surface area contributed by atoms with Gasteiger partial charge in [0.1, 0.15) is 0 Å². The van der Waals surface area contributed by atoms with Crippen LogP contribution in [0, 0.1) is 0 Å². The van der Waals surface area contributed by atoms with Crippen LogP contribution in [0.2, 0.25) is 0 Å². The van der Waals surface area contributed by atoms with Crippen molar-refractivity contribution in [1.29, 1.82) is 0 Å². The summed E-state index contributed by atoms with van der Waals surface area (Å²) in [5.41, 5.74) is 0.867. The summed E-state index contributed by atoms with van der Waals surface area (Å²) in [6.07, 6.45) is 8.22. The first-order valence-electron chi connectivity index (χ1n) is 10.1. The second-order valence-electron chi connectivity index (χ2n) is 8.49. The molecule has 2 fully saturated rings. The molecule has 0 N–H and O–H groups in total. The number of likely N-dealkylation sites (N-methyl/N-ethyl adjacent to an activating group) is 1. The molecule has 4 rings (SSSR count). The summed E-state index contributed by atoms with van der Waals surface area (Å²) >= 11 is 0. The van der Waals surface area contributed by atoms with Gasteiger partial charge >= 0.3 is 0 Å². The lowest BCUT2D eigenvalue weighted by atomic mass is 9.84. The van der Waals surface area contributed by atoms with Crippen LogP contribution in [-0.4, -0.2) is 52.3 Å². The average molecular weight is 403 g/mol. The molecule has 6 nitrogen and oxygen atoms in total. The Labute approximate surface area is 168 Å². The predicted octanol–water partition coefficient (Wildman–Crippen LogP) is 3.19. The van der Waals surface area contributed by atoms with E-state index in [1.54, 1.807) is 28.4 Å². The molecule has 7 heteroatoms. The summed E-state index contributed by atoms with van der Waals surface area (Å²) < 4.78 is 31.0. The standard InChI is InChI=1S/C21H30N4O2S/c1-21-14-18(17-10-6-4-7-11-17)25(19(21)12-8-5-9-13-24(21)3)28(26,27)20-15-23(2)16-22-20/h4,6-7,10-11,15-16,18-19H,5,8-9,12-14H2,1-3H3/t18-,19-,21-/m0/s1. The molecule has 3 heterocycles. The molecule has 3 atom stereocenters. The van der Waals surface area contributed by atoms with Crippen molar-refractivity contribution in [3.8, 4) is 0 Å². The van der Waals surface area contributed by atoms with Gasteiger partial charge in [0.15, 0.2) is 5.03 Å². The highest BCUT2D eigenvalue weighted by molar-refractivity contribution is 7.89. The van der Waals surface area contributed by atoms with E-state index < -0.39 is 10.0 Å². The highest BCUT2D eigenvalue weighted by atomic mass is 32.2. The average Bonchev–Trinajstić information content (AvgIpc) is 3.24. The Morgan fingerprint density at radius 1 is 1.11 bits per heavy atom. The second-order valence-corrected chi connectivity index (χ2v) is 10.3. The van der Waals surface area contributed by atoms with Gasteiger partial charge in [0.25, 0.3) is 10.0 Å². The van der Waals surface area contributed by atoms with Crippen LogP contribution < -0.4 is 0 Å². The van der Waals surface area contributed by atoms with Gasteiger partial charge in [0.2, 0.25) is 0 Å². The lowest BCUT2D eigenvalue weighted by Crippen LogP contribution is -2.55. The number of fused-ring (bicyclic) bond motifs is 1. The topological polar surface area (TPSA) is 58.4 Å². The number of nitrogens with zero attached hydrogens (tertiary/aromatic N) is 4. The minimum atomic E-state index is -3.70. The van der Waals surface area contributed by atoms with Crippen molar-refractivity contribution in [1.82, 2.24) is 18.8 Å². The molecule has 0 spiro atoms. The van der Waals surface area contributed by atoms with Crippen LogP contribution in [0.25, 0.3) is 0 Å². The van der Waals surface area contributed by atoms with Crippen molar-refractivity contribution in [3.63, 3.8) is 0 Å². The zero-order chi connectivity index (χ0) is 19.9. The number of aryl methyl sites for hydroxylation is 1. The molecular weight excluding hydrogens is 372 g/mol. The van der Waals surface area contributed by atoms with Crippen molar-refractivity contribution in [2.75, 3.05) is 13.6 Å². The molecule has 2 saturated heterocycles. The van der Waals surface area contributed by atoms with Crippen molar-refractivity contribution in [3.05, 3.63) is 48.4 Å². The Hall–Kier alpha value is -1.70. The monoisotopic (exact) mass is 402 g/mol. The molecule has 2 aliphatic rings. The van der Waals surface area contributed by atoms with Gasteiger partial charge in [-0.25, -0.2) is 13.4 Å². The van der Waals surface area contributed by atoms with E-state index in [9.17, 15) is 8.42 Å². The van der Waals surface area contributed by atoms with E-state index in [4.69, 9.17) is 0 Å². The van der Waals surface area contributed by atoms with Crippen molar-refractivity contribution >= 4 is 10.0 Å². The summed E-state index contributed by atoms with van der Waals surface area (Å²) in [6, 6.07) is 9.83. The zero-order valence-corrected chi connectivity index (χ0v) is 17.8. The number of imidazole rings is 1. The van der Waals surface area contributed by atoms with Gasteiger partial charge in [-0.1, -0.05) is 43.2 Å². The van der Waals surface area contributed by atoms with E-state index in [1.807, 2.05) is 30.3 Å². The van der Waals surface area contributed by atoms with Crippen LogP contribution >= 0.6 is 0 Å². The number of benzene rings is 1. The van der Waals surface area contributed by atoms with Crippen LogP contribution in [0.5, 0.6) is 0 Å². The van der Waals surface area contributed by atoms with E-state index >= 15 is 0 Å². The van der Waals surface area contributed by atoms with Gasteiger partial charge in [-0.15, -0.1) is 0 Å². The van der Waals surface area contributed by atoms with E-state index in [-0.39, 0.29) is 22.6 Å². The fraction of sp³-hybridized carbons (Fsp3) is 0.571. The molecule has 0 aliphatic carbocycles. The first-order chi connectivity index (χ1) is 13.3. The fourth-order valence-corrected chi connectivity index (χ4v) is 6.88. The van der Waals surface area contributed by atoms with Crippen LogP contribution in [0.15, 0.2) is 47.9 Å². The molecule has 1 aromatic carbocycles. The molecule has 2 aliphatic heterocycles. The third-order valence-electron chi connectivity index (χ3n) is 6.69. The maximum Gasteiger partial charge on any atom is 0.262 e. The fourth-order valence-electron chi connectivity index (χ4n) is 4.98. The third-order valence-corrected chi connectivity index (χ3v) is 8.49. The quantitative estimate of drug-likeness (QED) is 0.791. The summed E-state index contributed by atoms with van der Waals surface area (Å²) in [7, 11) is 0.253. The van der Waals surface area contributed by atoms with Crippen molar-refractivity contribution < 1.29 is 8.42 Å². The molecule has 0 bridgehead atoms. The maximum absolute atomic E-state index is 13.8. The lowest BCUT2D eigenvalue weighted by molar-refractivity contribution is 0.0875. The highest BCUT2D eigenvalue weighted by Crippen LogP contribution is 2.49. The molecule has 2 aromatic rings. The number of hydrogen-bond acceptors (Lipinski definition) is 4. The first-order valence-corrected chi connectivity index (χ1v) is 11.6. The van der Waals surface area contributed by atoms with Gasteiger partial charge in [-0.2, -0.15) is 4.31 Å². The van der Waals surface area contributed by atoms with Crippen LogP contribution in [-0.2, 0) is 17.1 Å². The smallest absolute Gasteiger partial charge is 0.262 e. The Morgan fingerprint density at radius 3 is 2.54 bits per heavy atom. The molecule has 0 unspecified atom stereocenters. The Kier molecular flexibility index (Phi) is 5.10. The number of aromatic nitrogens is 2. The van der Waals surface area contributed by atoms with Gasteiger partial charge in [-0.05, 0) is 45.3 Å². The summed E-state index contributed by atoms with van der Waals surface area (Å²) in [4.78, 5) is 6.59. The van der Waals surface area contributed by atoms with E-state index in [0.717, 1.165) is 37.8 Å². The number of sulfonamides is 1. The molecule has 0 amide bonds. The van der Waals surface area contributed by atoms with E-state index in [1.165, 1.54) is 6.42 Å². The Morgan fingerprint density at radius 2 is 1.86 bits per heavy atom. The third kappa shape index (κ3) is 3.19. The zero-order valence-electron chi connectivity index (χ0n) is 17.0. The number of rotatable bonds is 3. The minimum absolute atomic E-state index is 0.0602. The molecule has 1 aromatic heterocycles. The Bertz CT molecular complexity index is 927. The maximum atomic E-state index is 13.8. The first kappa shape index (κ1) is 19.6. The van der Waals surface area contributed by atoms with Crippen LogP contribution in [0.4, 0.5) is 0 Å². The van der Waals surface area contributed by atoms with Gasteiger partial charge < -0.3 is 4.57 Å². The van der Waals surface area contributed by atoms with Gasteiger partial charge in [-0.3, -0.25) is 4.90 Å². The molecule has 152 valence electrons. The largest absolute Gasteiger partial charge is 0.339 e. The molecule has 0 radical (unpaired) electrons. The summed E-state index contributed by atoms with van der Waals surface area (Å²) in [5.74, 6) is 0. The van der Waals surface area contributed by atoms with Crippen molar-refractivity contribution in [2.24, 2.45) is 7.05 Å². The van der Waals surface area contributed by atoms with Gasteiger partial charge in [0, 0.05) is 24.8 Å². The van der Waals surface area contributed by atoms with E-state index in [2.05, 4.69) is 23.9 Å². The summed E-state index contributed by atoms with van der Waals surface area (Å²) in [5, 5.41) is 0.143. The van der Waals surface area contributed by atoms with E-state index in [0.29, 0.717) is 0 Å². The number of hydrogen-bond donors (Lipinski definition) is 0. The molecule has 28 heavy (non-hydrogen) atoms. The second kappa shape index (κ2) is 7.28. The molecule has 0 saturated carbocycles. The van der Waals surface area contributed by atoms with Gasteiger partial charge in [0.05, 0.1) is 12.4 Å².